The van der Waals surface area contributed by atoms with Crippen molar-refractivity contribution in [3.63, 3.8) is 0 Å². The van der Waals surface area contributed by atoms with Crippen LogP contribution in [0.5, 0.6) is 11.5 Å². The fraction of sp³-hybridized carbons (Fsp3) is 0.263. The molecule has 0 fully saturated rings. The summed E-state index contributed by atoms with van der Waals surface area (Å²) >= 11 is 0. The number of imidazole rings is 1. The summed E-state index contributed by atoms with van der Waals surface area (Å²) in [5.74, 6) is 2.41. The number of amides is 1. The maximum Gasteiger partial charge on any atom is 0.258 e. The Kier molecular flexibility index (Phi) is 6.35. The molecule has 27 heavy (non-hydrogen) atoms. The highest BCUT2D eigenvalue weighted by molar-refractivity contribution is 5.77. The number of ether oxygens (including phenoxy) is 2. The number of nitrogens with zero attached hydrogens (tertiary/aromatic N) is 4. The normalized spacial score (nSPS) is 10.4. The first kappa shape index (κ1) is 18.4. The van der Waals surface area contributed by atoms with E-state index in [1.165, 1.54) is 0 Å². The Balaban J connectivity index is 1.43. The first-order valence-corrected chi connectivity index (χ1v) is 8.67. The van der Waals surface area contributed by atoms with Crippen molar-refractivity contribution in [1.82, 2.24) is 24.8 Å². The molecule has 0 aliphatic carbocycles. The molecular formula is C19H21N5O3. The topological polar surface area (TPSA) is 91.2 Å². The lowest BCUT2D eigenvalue weighted by molar-refractivity contribution is -0.123. The number of aromatic nitrogens is 4. The van der Waals surface area contributed by atoms with E-state index in [9.17, 15) is 4.79 Å². The van der Waals surface area contributed by atoms with Crippen LogP contribution in [-0.4, -0.2) is 45.2 Å². The van der Waals surface area contributed by atoms with Gasteiger partial charge in [-0.3, -0.25) is 4.79 Å². The Morgan fingerprint density at radius 2 is 1.74 bits per heavy atom. The molecule has 140 valence electrons. The smallest absolute Gasteiger partial charge is 0.258 e. The third-order valence-corrected chi connectivity index (χ3v) is 3.66. The van der Waals surface area contributed by atoms with Crippen LogP contribution in [0.3, 0.4) is 0 Å². The average molecular weight is 367 g/mol. The fourth-order valence-corrected chi connectivity index (χ4v) is 2.42. The van der Waals surface area contributed by atoms with Crippen LogP contribution in [0.25, 0.3) is 11.6 Å². The monoisotopic (exact) mass is 367 g/mol. The van der Waals surface area contributed by atoms with Crippen molar-refractivity contribution in [2.24, 2.45) is 0 Å². The number of hydrogen-bond donors (Lipinski definition) is 1. The van der Waals surface area contributed by atoms with Crippen LogP contribution >= 0.6 is 0 Å². The van der Waals surface area contributed by atoms with Gasteiger partial charge in [0.1, 0.15) is 11.5 Å². The molecule has 2 aromatic heterocycles. The highest BCUT2D eigenvalue weighted by Crippen LogP contribution is 2.17. The summed E-state index contributed by atoms with van der Waals surface area (Å²) < 4.78 is 12.7. The second-order valence-electron chi connectivity index (χ2n) is 5.56. The van der Waals surface area contributed by atoms with E-state index in [0.29, 0.717) is 37.1 Å². The first-order valence-electron chi connectivity index (χ1n) is 8.67. The average Bonchev–Trinajstić information content (AvgIpc) is 3.17. The number of hydrogen-bond acceptors (Lipinski definition) is 6. The summed E-state index contributed by atoms with van der Waals surface area (Å²) in [6.07, 6.45) is 6.85. The molecule has 0 unspecified atom stereocenters. The van der Waals surface area contributed by atoms with Gasteiger partial charge in [0.25, 0.3) is 5.91 Å². The van der Waals surface area contributed by atoms with Crippen LogP contribution in [0, 0.1) is 0 Å². The lowest BCUT2D eigenvalue weighted by Crippen LogP contribution is -2.31. The summed E-state index contributed by atoms with van der Waals surface area (Å²) in [6.45, 7) is 3.49. The van der Waals surface area contributed by atoms with Gasteiger partial charge in [0.2, 0.25) is 0 Å². The highest BCUT2D eigenvalue weighted by atomic mass is 16.5. The van der Waals surface area contributed by atoms with Gasteiger partial charge in [0.05, 0.1) is 6.61 Å². The van der Waals surface area contributed by atoms with Crippen molar-refractivity contribution in [1.29, 1.82) is 0 Å². The summed E-state index contributed by atoms with van der Waals surface area (Å²) in [6, 6.07) is 8.92. The predicted molar refractivity (Wildman–Crippen MR) is 99.4 cm³/mol. The molecule has 0 atom stereocenters. The van der Waals surface area contributed by atoms with Gasteiger partial charge in [-0.25, -0.2) is 15.0 Å². The zero-order chi connectivity index (χ0) is 18.9. The minimum Gasteiger partial charge on any atom is -0.494 e. The van der Waals surface area contributed by atoms with Crippen molar-refractivity contribution in [3.05, 3.63) is 55.1 Å². The molecular weight excluding hydrogens is 346 g/mol. The number of nitrogens with one attached hydrogen (secondary N) is 1. The van der Waals surface area contributed by atoms with E-state index in [4.69, 9.17) is 9.47 Å². The van der Waals surface area contributed by atoms with E-state index < -0.39 is 0 Å². The SMILES string of the molecule is CCOc1ccc(OCC(=O)NCCn2ccnc2-c2ncccn2)cc1. The number of benzene rings is 1. The lowest BCUT2D eigenvalue weighted by atomic mass is 10.3. The van der Waals surface area contributed by atoms with E-state index in [0.717, 1.165) is 5.75 Å². The van der Waals surface area contributed by atoms with Crippen LogP contribution < -0.4 is 14.8 Å². The highest BCUT2D eigenvalue weighted by Gasteiger charge is 2.09. The summed E-state index contributed by atoms with van der Waals surface area (Å²) in [7, 11) is 0. The van der Waals surface area contributed by atoms with Gasteiger partial charge >= 0.3 is 0 Å². The molecule has 0 radical (unpaired) electrons. The Hall–Kier alpha value is -3.42. The van der Waals surface area contributed by atoms with Crippen LogP contribution in [-0.2, 0) is 11.3 Å². The van der Waals surface area contributed by atoms with E-state index in [-0.39, 0.29) is 12.5 Å². The Morgan fingerprint density at radius 3 is 2.44 bits per heavy atom. The summed E-state index contributed by atoms with van der Waals surface area (Å²) in [4.78, 5) is 24.6. The molecule has 0 spiro atoms. The largest absolute Gasteiger partial charge is 0.494 e. The number of carbonyl (C=O) groups is 1. The molecule has 0 bridgehead atoms. The molecule has 3 aromatic rings. The molecule has 2 heterocycles. The van der Waals surface area contributed by atoms with Crippen molar-refractivity contribution in [2.45, 2.75) is 13.5 Å². The molecule has 8 heteroatoms. The number of rotatable bonds is 9. The third kappa shape index (κ3) is 5.27. The molecule has 1 aromatic carbocycles. The summed E-state index contributed by atoms with van der Waals surface area (Å²) in [5, 5.41) is 2.82. The van der Waals surface area contributed by atoms with Crippen molar-refractivity contribution < 1.29 is 14.3 Å². The zero-order valence-corrected chi connectivity index (χ0v) is 15.0. The molecule has 0 aliphatic heterocycles. The molecule has 0 aliphatic rings. The zero-order valence-electron chi connectivity index (χ0n) is 15.0. The van der Waals surface area contributed by atoms with E-state index in [1.54, 1.807) is 36.8 Å². The van der Waals surface area contributed by atoms with Crippen LogP contribution in [0.4, 0.5) is 0 Å². The predicted octanol–water partition coefficient (Wildman–Crippen LogP) is 1.93. The third-order valence-electron chi connectivity index (χ3n) is 3.66. The van der Waals surface area contributed by atoms with Gasteiger partial charge in [-0.1, -0.05) is 0 Å². The van der Waals surface area contributed by atoms with Crippen molar-refractivity contribution in [2.75, 3.05) is 19.8 Å². The molecule has 0 saturated carbocycles. The second-order valence-corrected chi connectivity index (χ2v) is 5.56. The maximum absolute atomic E-state index is 12.0. The molecule has 3 rings (SSSR count). The molecule has 8 nitrogen and oxygen atoms in total. The standard InChI is InChI=1S/C19H21N5O3/c1-2-26-15-4-6-16(7-5-15)27-14-17(25)20-10-12-24-13-11-23-19(24)18-21-8-3-9-22-18/h3-9,11,13H,2,10,12,14H2,1H3,(H,20,25). The lowest BCUT2D eigenvalue weighted by Gasteiger charge is -2.10. The Labute approximate surface area is 157 Å². The van der Waals surface area contributed by atoms with Crippen molar-refractivity contribution in [3.8, 4) is 23.1 Å². The van der Waals surface area contributed by atoms with Gasteiger partial charge < -0.3 is 19.4 Å². The Bertz CT molecular complexity index is 849. The number of carbonyl (C=O) groups excluding carboxylic acids is 1. The van der Waals surface area contributed by atoms with E-state index in [2.05, 4.69) is 20.3 Å². The van der Waals surface area contributed by atoms with Gasteiger partial charge in [0, 0.05) is 37.9 Å². The quantitative estimate of drug-likeness (QED) is 0.621. The molecule has 1 amide bonds. The molecule has 1 N–H and O–H groups in total. The maximum atomic E-state index is 12.0. The van der Waals surface area contributed by atoms with Gasteiger partial charge in [-0.2, -0.15) is 0 Å². The van der Waals surface area contributed by atoms with Gasteiger partial charge in [-0.15, -0.1) is 0 Å². The van der Waals surface area contributed by atoms with Crippen LogP contribution in [0.2, 0.25) is 0 Å². The summed E-state index contributed by atoms with van der Waals surface area (Å²) in [5.41, 5.74) is 0. The second kappa shape index (κ2) is 9.33. The van der Waals surface area contributed by atoms with E-state index in [1.807, 2.05) is 29.8 Å². The fourth-order valence-electron chi connectivity index (χ4n) is 2.42. The van der Waals surface area contributed by atoms with E-state index >= 15 is 0 Å². The van der Waals surface area contributed by atoms with Gasteiger partial charge in [-0.05, 0) is 37.3 Å². The first-order chi connectivity index (χ1) is 13.3. The van der Waals surface area contributed by atoms with Gasteiger partial charge in [0.15, 0.2) is 18.3 Å². The minimum atomic E-state index is -0.193. The van der Waals surface area contributed by atoms with Crippen molar-refractivity contribution >= 4 is 5.91 Å². The van der Waals surface area contributed by atoms with Crippen LogP contribution in [0.1, 0.15) is 6.92 Å². The Morgan fingerprint density at radius 1 is 1.04 bits per heavy atom. The van der Waals surface area contributed by atoms with Crippen LogP contribution in [0.15, 0.2) is 55.1 Å². The minimum absolute atomic E-state index is 0.0490. The molecule has 0 saturated heterocycles.